The molecule has 0 aliphatic carbocycles. The lowest BCUT2D eigenvalue weighted by Crippen LogP contribution is -2.38. The molecule has 1 aromatic carbocycles. The molecule has 0 spiro atoms. The molecule has 0 amide bonds. The van der Waals surface area contributed by atoms with Crippen LogP contribution in [-0.2, 0) is 14.1 Å². The average Bonchev–Trinajstić information content (AvgIpc) is 2.52. The van der Waals surface area contributed by atoms with Crippen LogP contribution in [0.3, 0.4) is 0 Å². The van der Waals surface area contributed by atoms with Gasteiger partial charge in [0.2, 0.25) is 0 Å². The molecule has 0 aliphatic rings. The summed E-state index contributed by atoms with van der Waals surface area (Å²) in [6, 6.07) is 4.07. The molecule has 3 aromatic rings. The molecule has 0 saturated carbocycles. The van der Waals surface area contributed by atoms with Gasteiger partial charge in [0.05, 0.1) is 10.2 Å². The fourth-order valence-corrected chi connectivity index (χ4v) is 2.72. The third-order valence-electron chi connectivity index (χ3n) is 3.53. The Hall–Kier alpha value is -2.55. The number of nitrogens with one attached hydrogen (secondary N) is 1. The Bertz CT molecular complexity index is 1130. The molecule has 7 nitrogen and oxygen atoms in total. The van der Waals surface area contributed by atoms with Crippen LogP contribution in [0.1, 0.15) is 0 Å². The Kier molecular flexibility index (Phi) is 3.52. The molecule has 9 heteroatoms. The maximum Gasteiger partial charge on any atom is 0.347 e. The fourth-order valence-electron chi connectivity index (χ4n) is 2.34. The van der Waals surface area contributed by atoms with Gasteiger partial charge in [-0.1, -0.05) is 0 Å². The van der Waals surface area contributed by atoms with Gasteiger partial charge in [-0.05, 0) is 34.1 Å². The van der Waals surface area contributed by atoms with Gasteiger partial charge in [0.15, 0.2) is 5.65 Å². The Morgan fingerprint density at radius 2 is 1.87 bits per heavy atom. The van der Waals surface area contributed by atoms with E-state index in [4.69, 9.17) is 0 Å². The van der Waals surface area contributed by atoms with E-state index in [0.717, 1.165) is 9.13 Å². The van der Waals surface area contributed by atoms with E-state index in [0.29, 0.717) is 5.56 Å². The minimum Gasteiger partial charge on any atom is -0.304 e. The highest BCUT2D eigenvalue weighted by Crippen LogP contribution is 2.26. The Labute approximate surface area is 136 Å². The van der Waals surface area contributed by atoms with Crippen LogP contribution in [0.2, 0.25) is 0 Å². The number of fused-ring (bicyclic) bond motifs is 1. The first-order valence-electron chi connectivity index (χ1n) is 6.46. The van der Waals surface area contributed by atoms with E-state index in [-0.39, 0.29) is 21.2 Å². The molecule has 0 radical (unpaired) electrons. The second kappa shape index (κ2) is 5.27. The molecule has 0 aliphatic heterocycles. The summed E-state index contributed by atoms with van der Waals surface area (Å²) in [6.07, 6.45) is 0. The number of rotatable bonds is 1. The minimum absolute atomic E-state index is 0.0303. The van der Waals surface area contributed by atoms with Crippen molar-refractivity contribution < 1.29 is 4.39 Å². The summed E-state index contributed by atoms with van der Waals surface area (Å²) in [5, 5.41) is 0.0766. The van der Waals surface area contributed by atoms with Crippen molar-refractivity contribution in [3.63, 3.8) is 0 Å². The summed E-state index contributed by atoms with van der Waals surface area (Å²) in [6.45, 7) is 0. The average molecular weight is 381 g/mol. The van der Waals surface area contributed by atoms with Crippen LogP contribution < -0.4 is 16.9 Å². The number of hydrogen-bond donors (Lipinski definition) is 1. The summed E-state index contributed by atoms with van der Waals surface area (Å²) in [7, 11) is 2.75. The lowest BCUT2D eigenvalue weighted by atomic mass is 10.1. The van der Waals surface area contributed by atoms with Crippen molar-refractivity contribution in [2.45, 2.75) is 0 Å². The number of halogens is 2. The molecule has 0 bridgehead atoms. The first-order chi connectivity index (χ1) is 10.8. The zero-order valence-corrected chi connectivity index (χ0v) is 13.6. The predicted molar refractivity (Wildman–Crippen MR) is 85.9 cm³/mol. The second-order valence-electron chi connectivity index (χ2n) is 4.95. The quantitative estimate of drug-likeness (QED) is 0.678. The van der Waals surface area contributed by atoms with Gasteiger partial charge in [-0.2, -0.15) is 4.98 Å². The molecular formula is C14H10BrFN4O3. The molecule has 23 heavy (non-hydrogen) atoms. The first-order valence-corrected chi connectivity index (χ1v) is 7.26. The molecule has 0 fully saturated rings. The molecule has 2 aromatic heterocycles. The zero-order chi connectivity index (χ0) is 16.9. The standard InChI is InChI=1S/C14H10BrFN4O3/c1-19-11-9(12(21)20(2)14(19)23)10(17-13(22)18-11)6-3-4-8(16)7(15)5-6/h3-5H,1-2H3,(H,17,18,22). The van der Waals surface area contributed by atoms with Crippen LogP contribution in [0.5, 0.6) is 0 Å². The van der Waals surface area contributed by atoms with Crippen molar-refractivity contribution in [1.29, 1.82) is 0 Å². The fraction of sp³-hybridized carbons (Fsp3) is 0.143. The lowest BCUT2D eigenvalue weighted by molar-refractivity contribution is 0.621. The summed E-state index contributed by atoms with van der Waals surface area (Å²) in [4.78, 5) is 42.5. The Morgan fingerprint density at radius 1 is 1.17 bits per heavy atom. The van der Waals surface area contributed by atoms with Crippen LogP contribution in [0.15, 0.2) is 37.1 Å². The monoisotopic (exact) mass is 380 g/mol. The van der Waals surface area contributed by atoms with Gasteiger partial charge in [0, 0.05) is 19.7 Å². The number of aryl methyl sites for hydroxylation is 1. The molecule has 0 saturated heterocycles. The van der Waals surface area contributed by atoms with Crippen molar-refractivity contribution >= 4 is 27.0 Å². The largest absolute Gasteiger partial charge is 0.347 e. The van der Waals surface area contributed by atoms with Crippen molar-refractivity contribution in [2.24, 2.45) is 14.1 Å². The molecule has 3 rings (SSSR count). The van der Waals surface area contributed by atoms with E-state index in [1.165, 1.54) is 32.3 Å². The Balaban J connectivity index is 2.56. The number of hydrogen-bond acceptors (Lipinski definition) is 4. The van der Waals surface area contributed by atoms with Gasteiger partial charge in [0.1, 0.15) is 11.2 Å². The summed E-state index contributed by atoms with van der Waals surface area (Å²) in [5.41, 5.74) is -1.34. The topological polar surface area (TPSA) is 89.8 Å². The van der Waals surface area contributed by atoms with Gasteiger partial charge < -0.3 is 4.98 Å². The highest BCUT2D eigenvalue weighted by atomic mass is 79.9. The van der Waals surface area contributed by atoms with E-state index in [2.05, 4.69) is 25.9 Å². The van der Waals surface area contributed by atoms with Crippen molar-refractivity contribution in [1.82, 2.24) is 19.1 Å². The van der Waals surface area contributed by atoms with Crippen molar-refractivity contribution in [3.8, 4) is 11.3 Å². The van der Waals surface area contributed by atoms with Crippen molar-refractivity contribution in [3.05, 3.63) is 59.8 Å². The van der Waals surface area contributed by atoms with E-state index in [1.54, 1.807) is 0 Å². The molecule has 1 N–H and O–H groups in total. The maximum atomic E-state index is 13.4. The van der Waals surface area contributed by atoms with Crippen LogP contribution >= 0.6 is 15.9 Å². The molecule has 118 valence electrons. The lowest BCUT2D eigenvalue weighted by Gasteiger charge is -2.10. The molecule has 2 heterocycles. The van der Waals surface area contributed by atoms with E-state index in [1.807, 2.05) is 0 Å². The highest BCUT2D eigenvalue weighted by Gasteiger charge is 2.17. The number of aromatic nitrogens is 4. The van der Waals surface area contributed by atoms with Gasteiger partial charge >= 0.3 is 11.4 Å². The Morgan fingerprint density at radius 3 is 2.52 bits per heavy atom. The smallest absolute Gasteiger partial charge is 0.304 e. The number of H-pyrrole nitrogens is 1. The van der Waals surface area contributed by atoms with Crippen LogP contribution in [0, 0.1) is 5.82 Å². The van der Waals surface area contributed by atoms with Gasteiger partial charge in [-0.15, -0.1) is 0 Å². The van der Waals surface area contributed by atoms with E-state index >= 15 is 0 Å². The summed E-state index contributed by atoms with van der Waals surface area (Å²) in [5.74, 6) is -0.477. The van der Waals surface area contributed by atoms with Crippen LogP contribution in [0.4, 0.5) is 4.39 Å². The van der Waals surface area contributed by atoms with Gasteiger partial charge in [-0.3, -0.25) is 13.9 Å². The van der Waals surface area contributed by atoms with E-state index < -0.39 is 22.8 Å². The third kappa shape index (κ3) is 2.33. The van der Waals surface area contributed by atoms with Crippen LogP contribution in [0.25, 0.3) is 22.3 Å². The number of benzene rings is 1. The van der Waals surface area contributed by atoms with Crippen molar-refractivity contribution in [2.75, 3.05) is 0 Å². The molecular weight excluding hydrogens is 371 g/mol. The number of nitrogens with zero attached hydrogens (tertiary/aromatic N) is 3. The van der Waals surface area contributed by atoms with E-state index in [9.17, 15) is 18.8 Å². The highest BCUT2D eigenvalue weighted by molar-refractivity contribution is 9.10. The maximum absolute atomic E-state index is 13.4. The second-order valence-corrected chi connectivity index (χ2v) is 5.80. The van der Waals surface area contributed by atoms with Gasteiger partial charge in [0.25, 0.3) is 5.56 Å². The van der Waals surface area contributed by atoms with Crippen LogP contribution in [-0.4, -0.2) is 19.1 Å². The zero-order valence-electron chi connectivity index (χ0n) is 12.1. The first kappa shape index (κ1) is 15.3. The SMILES string of the molecule is Cn1c(=O)c2c(-c3ccc(F)c(Br)c3)[nH]c(=O)nc2n(C)c1=O. The van der Waals surface area contributed by atoms with Gasteiger partial charge in [-0.25, -0.2) is 14.0 Å². The normalized spacial score (nSPS) is 11.1. The third-order valence-corrected chi connectivity index (χ3v) is 4.14. The molecule has 0 atom stereocenters. The molecule has 0 unspecified atom stereocenters. The predicted octanol–water partition coefficient (Wildman–Crippen LogP) is 0.889. The number of aromatic amines is 1. The summed E-state index contributed by atoms with van der Waals surface area (Å²) < 4.78 is 15.6. The summed E-state index contributed by atoms with van der Waals surface area (Å²) >= 11 is 3.06. The minimum atomic E-state index is -0.712.